The fraction of sp³-hybridized carbons (Fsp3) is 1.00. The van der Waals surface area contributed by atoms with Crippen LogP contribution in [0.5, 0.6) is 0 Å². The summed E-state index contributed by atoms with van der Waals surface area (Å²) >= 11 is 0. The van der Waals surface area contributed by atoms with E-state index in [0.29, 0.717) is 17.0 Å². The highest BCUT2D eigenvalue weighted by Crippen LogP contribution is 2.42. The minimum atomic E-state index is 0.383. The summed E-state index contributed by atoms with van der Waals surface area (Å²) in [6, 6.07) is 0.650. The van der Waals surface area contributed by atoms with Gasteiger partial charge in [-0.3, -0.25) is 4.90 Å². The summed E-state index contributed by atoms with van der Waals surface area (Å²) in [7, 11) is 0. The number of hydrogen-bond donors (Lipinski definition) is 1. The zero-order valence-electron chi connectivity index (χ0n) is 10.8. The fourth-order valence-corrected chi connectivity index (χ4v) is 2.49. The summed E-state index contributed by atoms with van der Waals surface area (Å²) in [5.74, 6) is 0. The first-order chi connectivity index (χ1) is 6.92. The molecule has 1 aliphatic heterocycles. The lowest BCUT2D eigenvalue weighted by molar-refractivity contribution is 0.149. The van der Waals surface area contributed by atoms with E-state index in [1.807, 2.05) is 0 Å². The molecule has 2 rings (SSSR count). The zero-order chi connectivity index (χ0) is 11.1. The third-order valence-electron chi connectivity index (χ3n) is 4.18. The van der Waals surface area contributed by atoms with Gasteiger partial charge in [-0.1, -0.05) is 20.8 Å². The van der Waals surface area contributed by atoms with E-state index in [-0.39, 0.29) is 0 Å². The van der Waals surface area contributed by atoms with Gasteiger partial charge in [-0.2, -0.15) is 0 Å². The SMILES string of the molecule is CC(C)(C)C1CN(C2(C)CC2)CCCN1. The second kappa shape index (κ2) is 3.74. The van der Waals surface area contributed by atoms with Gasteiger partial charge in [0.1, 0.15) is 0 Å². The smallest absolute Gasteiger partial charge is 0.0243 e. The average molecular weight is 210 g/mol. The van der Waals surface area contributed by atoms with Crippen LogP contribution in [-0.2, 0) is 0 Å². The van der Waals surface area contributed by atoms with Crippen molar-refractivity contribution in [2.75, 3.05) is 19.6 Å². The molecule has 15 heavy (non-hydrogen) atoms. The first-order valence-electron chi connectivity index (χ1n) is 6.40. The lowest BCUT2D eigenvalue weighted by Crippen LogP contribution is -2.48. The van der Waals surface area contributed by atoms with E-state index in [1.54, 1.807) is 0 Å². The molecule has 1 atom stereocenters. The van der Waals surface area contributed by atoms with Gasteiger partial charge >= 0.3 is 0 Å². The molecule has 1 unspecified atom stereocenters. The minimum absolute atomic E-state index is 0.383. The molecule has 0 aromatic rings. The minimum Gasteiger partial charge on any atom is -0.312 e. The summed E-state index contributed by atoms with van der Waals surface area (Å²) in [5, 5.41) is 3.71. The fourth-order valence-electron chi connectivity index (χ4n) is 2.49. The molecule has 88 valence electrons. The Hall–Kier alpha value is -0.0800. The van der Waals surface area contributed by atoms with Crippen LogP contribution in [0, 0.1) is 5.41 Å². The second-order valence-electron chi connectivity index (χ2n) is 6.67. The number of nitrogens with zero attached hydrogens (tertiary/aromatic N) is 1. The van der Waals surface area contributed by atoms with Gasteiger partial charge in [0.15, 0.2) is 0 Å². The monoisotopic (exact) mass is 210 g/mol. The molecule has 1 saturated heterocycles. The highest BCUT2D eigenvalue weighted by Gasteiger charge is 2.44. The average Bonchev–Trinajstić information content (AvgIpc) is 2.86. The standard InChI is InChI=1S/C13H26N2/c1-12(2,3)11-10-15(9-5-8-14-11)13(4)6-7-13/h11,14H,5-10H2,1-4H3. The maximum absolute atomic E-state index is 3.71. The molecule has 0 spiro atoms. The van der Waals surface area contributed by atoms with Gasteiger partial charge in [0.25, 0.3) is 0 Å². The van der Waals surface area contributed by atoms with Crippen molar-refractivity contribution in [2.24, 2.45) is 5.41 Å². The lowest BCUT2D eigenvalue weighted by Gasteiger charge is -2.36. The predicted molar refractivity (Wildman–Crippen MR) is 65.1 cm³/mol. The molecule has 0 bridgehead atoms. The number of rotatable bonds is 1. The van der Waals surface area contributed by atoms with Crippen LogP contribution in [0.3, 0.4) is 0 Å². The van der Waals surface area contributed by atoms with E-state index in [1.165, 1.54) is 38.9 Å². The van der Waals surface area contributed by atoms with Crippen LogP contribution in [0.15, 0.2) is 0 Å². The van der Waals surface area contributed by atoms with Crippen molar-refractivity contribution in [3.63, 3.8) is 0 Å². The molecule has 2 heteroatoms. The van der Waals surface area contributed by atoms with E-state index in [2.05, 4.69) is 37.9 Å². The molecule has 1 saturated carbocycles. The summed E-state index contributed by atoms with van der Waals surface area (Å²) in [6.07, 6.45) is 4.12. The van der Waals surface area contributed by atoms with Crippen molar-refractivity contribution in [3.05, 3.63) is 0 Å². The largest absolute Gasteiger partial charge is 0.312 e. The third-order valence-corrected chi connectivity index (χ3v) is 4.18. The topological polar surface area (TPSA) is 15.3 Å². The summed E-state index contributed by atoms with van der Waals surface area (Å²) in [6.45, 7) is 13.2. The van der Waals surface area contributed by atoms with Gasteiger partial charge < -0.3 is 5.32 Å². The first-order valence-corrected chi connectivity index (χ1v) is 6.40. The molecule has 0 amide bonds. The van der Waals surface area contributed by atoms with Crippen molar-refractivity contribution in [3.8, 4) is 0 Å². The highest BCUT2D eigenvalue weighted by molar-refractivity contribution is 5.02. The molecule has 2 aliphatic rings. The van der Waals surface area contributed by atoms with Crippen LogP contribution in [-0.4, -0.2) is 36.1 Å². The van der Waals surface area contributed by atoms with Crippen LogP contribution in [0.25, 0.3) is 0 Å². The summed E-state index contributed by atoms with van der Waals surface area (Å²) < 4.78 is 0. The maximum Gasteiger partial charge on any atom is 0.0243 e. The third kappa shape index (κ3) is 2.54. The molecule has 0 radical (unpaired) electrons. The van der Waals surface area contributed by atoms with Gasteiger partial charge in [-0.25, -0.2) is 0 Å². The molecule has 0 aromatic carbocycles. The van der Waals surface area contributed by atoms with E-state index >= 15 is 0 Å². The Balaban J connectivity index is 2.02. The van der Waals surface area contributed by atoms with Crippen LogP contribution in [0.4, 0.5) is 0 Å². The van der Waals surface area contributed by atoms with Gasteiger partial charge in [-0.05, 0) is 44.7 Å². The quantitative estimate of drug-likeness (QED) is 0.714. The molecule has 0 aromatic heterocycles. The molecule has 2 nitrogen and oxygen atoms in total. The Labute approximate surface area is 94.4 Å². The normalized spacial score (nSPS) is 32.4. The second-order valence-corrected chi connectivity index (χ2v) is 6.67. The zero-order valence-corrected chi connectivity index (χ0v) is 10.8. The Kier molecular flexibility index (Phi) is 2.85. The lowest BCUT2D eigenvalue weighted by atomic mass is 9.86. The molecular formula is C13H26N2. The van der Waals surface area contributed by atoms with Crippen molar-refractivity contribution >= 4 is 0 Å². The van der Waals surface area contributed by atoms with E-state index in [0.717, 1.165) is 0 Å². The first kappa shape index (κ1) is 11.4. The summed E-state index contributed by atoms with van der Waals surface area (Å²) in [5.41, 5.74) is 0.934. The van der Waals surface area contributed by atoms with Crippen LogP contribution >= 0.6 is 0 Å². The predicted octanol–water partition coefficient (Wildman–Crippen LogP) is 2.25. The molecular weight excluding hydrogens is 184 g/mol. The Morgan fingerprint density at radius 2 is 1.93 bits per heavy atom. The van der Waals surface area contributed by atoms with Crippen molar-refractivity contribution < 1.29 is 0 Å². The molecule has 1 N–H and O–H groups in total. The van der Waals surface area contributed by atoms with Crippen LogP contribution < -0.4 is 5.32 Å². The van der Waals surface area contributed by atoms with Gasteiger partial charge in [0.05, 0.1) is 0 Å². The molecule has 2 fully saturated rings. The van der Waals surface area contributed by atoms with Crippen molar-refractivity contribution in [2.45, 2.75) is 58.5 Å². The van der Waals surface area contributed by atoms with Gasteiger partial charge in [0.2, 0.25) is 0 Å². The Bertz CT molecular complexity index is 212. The Morgan fingerprint density at radius 3 is 2.47 bits per heavy atom. The highest BCUT2D eigenvalue weighted by atomic mass is 15.3. The van der Waals surface area contributed by atoms with Gasteiger partial charge in [0, 0.05) is 18.1 Å². The van der Waals surface area contributed by atoms with Crippen molar-refractivity contribution in [1.29, 1.82) is 0 Å². The van der Waals surface area contributed by atoms with E-state index in [4.69, 9.17) is 0 Å². The number of hydrogen-bond acceptors (Lipinski definition) is 2. The molecule has 1 heterocycles. The van der Waals surface area contributed by atoms with Crippen LogP contribution in [0.2, 0.25) is 0 Å². The van der Waals surface area contributed by atoms with Gasteiger partial charge in [-0.15, -0.1) is 0 Å². The van der Waals surface area contributed by atoms with Crippen LogP contribution in [0.1, 0.15) is 47.0 Å². The Morgan fingerprint density at radius 1 is 1.27 bits per heavy atom. The van der Waals surface area contributed by atoms with Crippen molar-refractivity contribution in [1.82, 2.24) is 10.2 Å². The molecule has 1 aliphatic carbocycles. The number of nitrogens with one attached hydrogen (secondary N) is 1. The maximum atomic E-state index is 3.71. The summed E-state index contributed by atoms with van der Waals surface area (Å²) in [4.78, 5) is 2.73. The van der Waals surface area contributed by atoms with E-state index in [9.17, 15) is 0 Å². The van der Waals surface area contributed by atoms with E-state index < -0.39 is 0 Å².